The van der Waals surface area contributed by atoms with E-state index in [-0.39, 0.29) is 12.0 Å². The molecule has 1 aliphatic rings. The number of esters is 1. The molecule has 1 saturated heterocycles. The van der Waals surface area contributed by atoms with Gasteiger partial charge in [0.25, 0.3) is 0 Å². The summed E-state index contributed by atoms with van der Waals surface area (Å²) in [7, 11) is 0. The molecule has 2 N–H and O–H groups in total. The smallest absolute Gasteiger partial charge is 0.329 e. The number of nitrogens with zero attached hydrogens (tertiary/aromatic N) is 1. The van der Waals surface area contributed by atoms with E-state index in [9.17, 15) is 4.79 Å². The minimum Gasteiger partial charge on any atom is -0.458 e. The van der Waals surface area contributed by atoms with Crippen molar-refractivity contribution >= 4 is 17.3 Å². The molecule has 1 aromatic rings. The van der Waals surface area contributed by atoms with E-state index >= 15 is 0 Å². The molecule has 0 aliphatic carbocycles. The van der Waals surface area contributed by atoms with Crippen LogP contribution in [0.2, 0.25) is 0 Å². The number of nitrogens with two attached hydrogens (primary N) is 1. The van der Waals surface area contributed by atoms with E-state index in [4.69, 9.17) is 10.5 Å². The van der Waals surface area contributed by atoms with Gasteiger partial charge in [0.2, 0.25) is 0 Å². The topological polar surface area (TPSA) is 55.6 Å². The van der Waals surface area contributed by atoms with Gasteiger partial charge in [0, 0.05) is 17.9 Å². The van der Waals surface area contributed by atoms with Gasteiger partial charge in [0.1, 0.15) is 11.6 Å². The van der Waals surface area contributed by atoms with Crippen molar-refractivity contribution < 1.29 is 9.53 Å². The number of ether oxygens (including phenoxy) is 1. The van der Waals surface area contributed by atoms with E-state index in [0.29, 0.717) is 5.69 Å². The van der Waals surface area contributed by atoms with Gasteiger partial charge in [-0.1, -0.05) is 6.07 Å². The Morgan fingerprint density at radius 1 is 1.42 bits per heavy atom. The van der Waals surface area contributed by atoms with Crippen LogP contribution in [-0.2, 0) is 9.53 Å². The normalized spacial score (nSPS) is 19.5. The van der Waals surface area contributed by atoms with Gasteiger partial charge in [-0.3, -0.25) is 0 Å². The molecule has 1 atom stereocenters. The summed E-state index contributed by atoms with van der Waals surface area (Å²) >= 11 is 0. The summed E-state index contributed by atoms with van der Waals surface area (Å²) in [6.45, 7) is 6.55. The number of anilines is 2. The number of carbonyl (C=O) groups is 1. The maximum Gasteiger partial charge on any atom is 0.329 e. The van der Waals surface area contributed by atoms with Crippen molar-refractivity contribution in [1.29, 1.82) is 0 Å². The van der Waals surface area contributed by atoms with E-state index in [1.165, 1.54) is 0 Å². The average molecular weight is 262 g/mol. The molecular weight excluding hydrogens is 240 g/mol. The van der Waals surface area contributed by atoms with Gasteiger partial charge < -0.3 is 15.4 Å². The molecule has 0 radical (unpaired) electrons. The quantitative estimate of drug-likeness (QED) is 0.657. The molecule has 2 rings (SSSR count). The van der Waals surface area contributed by atoms with Crippen LogP contribution in [0.3, 0.4) is 0 Å². The van der Waals surface area contributed by atoms with Crippen molar-refractivity contribution in [3.05, 3.63) is 24.3 Å². The molecule has 0 aromatic heterocycles. The number of benzene rings is 1. The molecule has 1 aromatic carbocycles. The van der Waals surface area contributed by atoms with E-state index in [1.807, 2.05) is 45.0 Å². The molecule has 0 saturated carbocycles. The summed E-state index contributed by atoms with van der Waals surface area (Å²) in [6, 6.07) is 7.46. The van der Waals surface area contributed by atoms with E-state index < -0.39 is 5.60 Å². The van der Waals surface area contributed by atoms with Gasteiger partial charge in [0.15, 0.2) is 0 Å². The minimum absolute atomic E-state index is 0.146. The highest BCUT2D eigenvalue weighted by molar-refractivity contribution is 5.81. The molecule has 104 valence electrons. The average Bonchev–Trinajstić information content (AvgIpc) is 2.75. The van der Waals surface area contributed by atoms with Gasteiger partial charge in [0.05, 0.1) is 0 Å². The molecule has 0 spiro atoms. The SMILES string of the molecule is CC(C)(C)OC(=O)C1CCCN1c1cccc(N)c1. The molecule has 1 heterocycles. The van der Waals surface area contributed by atoms with E-state index in [0.717, 1.165) is 25.1 Å². The van der Waals surface area contributed by atoms with Gasteiger partial charge in [-0.25, -0.2) is 4.79 Å². The van der Waals surface area contributed by atoms with E-state index in [1.54, 1.807) is 0 Å². The molecule has 0 amide bonds. The standard InChI is InChI=1S/C15H22N2O2/c1-15(2,3)19-14(18)13-8-5-9-17(13)12-7-4-6-11(16)10-12/h4,6-7,10,13H,5,8-9,16H2,1-3H3. The Balaban J connectivity index is 2.15. The first-order valence-electron chi connectivity index (χ1n) is 6.72. The zero-order valence-corrected chi connectivity index (χ0v) is 11.8. The Labute approximate surface area is 114 Å². The fraction of sp³-hybridized carbons (Fsp3) is 0.533. The Bertz CT molecular complexity index is 465. The van der Waals surface area contributed by atoms with Crippen molar-refractivity contribution in [2.24, 2.45) is 0 Å². The first kappa shape index (κ1) is 13.7. The van der Waals surface area contributed by atoms with Gasteiger partial charge in [-0.15, -0.1) is 0 Å². The first-order chi connectivity index (χ1) is 8.87. The van der Waals surface area contributed by atoms with Crippen LogP contribution in [0, 0.1) is 0 Å². The number of hydrogen-bond donors (Lipinski definition) is 1. The maximum absolute atomic E-state index is 12.2. The predicted octanol–water partition coefficient (Wildman–Crippen LogP) is 2.58. The van der Waals surface area contributed by atoms with Crippen molar-refractivity contribution in [2.75, 3.05) is 17.2 Å². The Kier molecular flexibility index (Phi) is 3.69. The van der Waals surface area contributed by atoms with Crippen molar-refractivity contribution in [3.63, 3.8) is 0 Å². The summed E-state index contributed by atoms with van der Waals surface area (Å²) in [5, 5.41) is 0. The second-order valence-electron chi connectivity index (χ2n) is 5.98. The summed E-state index contributed by atoms with van der Waals surface area (Å²) < 4.78 is 5.49. The Morgan fingerprint density at radius 3 is 2.79 bits per heavy atom. The van der Waals surface area contributed by atoms with Crippen LogP contribution in [0.1, 0.15) is 33.6 Å². The van der Waals surface area contributed by atoms with Crippen LogP contribution in [-0.4, -0.2) is 24.2 Å². The monoisotopic (exact) mass is 262 g/mol. The lowest BCUT2D eigenvalue weighted by atomic mass is 10.1. The predicted molar refractivity (Wildman–Crippen MR) is 77.1 cm³/mol. The van der Waals surface area contributed by atoms with Gasteiger partial charge in [-0.05, 0) is 51.8 Å². The fourth-order valence-corrected chi connectivity index (χ4v) is 2.39. The summed E-state index contributed by atoms with van der Waals surface area (Å²) in [5.41, 5.74) is 7.07. The van der Waals surface area contributed by atoms with E-state index in [2.05, 4.69) is 4.90 Å². The summed E-state index contributed by atoms with van der Waals surface area (Å²) in [6.07, 6.45) is 1.84. The van der Waals surface area contributed by atoms with Crippen molar-refractivity contribution in [3.8, 4) is 0 Å². The lowest BCUT2D eigenvalue weighted by Crippen LogP contribution is -2.40. The van der Waals surface area contributed by atoms with Crippen molar-refractivity contribution in [1.82, 2.24) is 0 Å². The summed E-state index contributed by atoms with van der Waals surface area (Å²) in [5.74, 6) is -0.146. The zero-order chi connectivity index (χ0) is 14.0. The largest absolute Gasteiger partial charge is 0.458 e. The van der Waals surface area contributed by atoms with Crippen LogP contribution >= 0.6 is 0 Å². The Morgan fingerprint density at radius 2 is 2.16 bits per heavy atom. The number of carbonyl (C=O) groups excluding carboxylic acids is 1. The number of rotatable bonds is 2. The molecule has 1 aliphatic heterocycles. The second kappa shape index (κ2) is 5.11. The number of nitrogen functional groups attached to an aromatic ring is 1. The van der Waals surface area contributed by atoms with Crippen LogP contribution in [0.15, 0.2) is 24.3 Å². The van der Waals surface area contributed by atoms with Gasteiger partial charge in [-0.2, -0.15) is 0 Å². The second-order valence-corrected chi connectivity index (χ2v) is 5.98. The lowest BCUT2D eigenvalue weighted by molar-refractivity contribution is -0.156. The van der Waals surface area contributed by atoms with Crippen LogP contribution in [0.4, 0.5) is 11.4 Å². The van der Waals surface area contributed by atoms with Crippen LogP contribution in [0.5, 0.6) is 0 Å². The first-order valence-corrected chi connectivity index (χ1v) is 6.72. The lowest BCUT2D eigenvalue weighted by Gasteiger charge is -2.28. The molecule has 4 heteroatoms. The van der Waals surface area contributed by atoms with Gasteiger partial charge >= 0.3 is 5.97 Å². The highest BCUT2D eigenvalue weighted by Gasteiger charge is 2.34. The highest BCUT2D eigenvalue weighted by atomic mass is 16.6. The third-order valence-corrected chi connectivity index (χ3v) is 3.13. The maximum atomic E-state index is 12.2. The molecular formula is C15H22N2O2. The minimum atomic E-state index is -0.443. The molecule has 0 bridgehead atoms. The van der Waals surface area contributed by atoms with Crippen LogP contribution < -0.4 is 10.6 Å². The number of hydrogen-bond acceptors (Lipinski definition) is 4. The molecule has 19 heavy (non-hydrogen) atoms. The fourth-order valence-electron chi connectivity index (χ4n) is 2.39. The molecule has 4 nitrogen and oxygen atoms in total. The zero-order valence-electron chi connectivity index (χ0n) is 11.8. The molecule has 1 unspecified atom stereocenters. The third kappa shape index (κ3) is 3.40. The molecule has 1 fully saturated rings. The Hall–Kier alpha value is -1.71. The van der Waals surface area contributed by atoms with Crippen LogP contribution in [0.25, 0.3) is 0 Å². The highest BCUT2D eigenvalue weighted by Crippen LogP contribution is 2.28. The third-order valence-electron chi connectivity index (χ3n) is 3.13. The summed E-state index contributed by atoms with van der Waals surface area (Å²) in [4.78, 5) is 14.3. The van der Waals surface area contributed by atoms with Crippen molar-refractivity contribution in [2.45, 2.75) is 45.3 Å².